The van der Waals surface area contributed by atoms with Crippen LogP contribution in [0, 0.1) is 11.8 Å². The van der Waals surface area contributed by atoms with Crippen molar-refractivity contribution < 1.29 is 29.0 Å². The van der Waals surface area contributed by atoms with Crippen molar-refractivity contribution in [1.29, 1.82) is 0 Å². The first-order chi connectivity index (χ1) is 25.9. The van der Waals surface area contributed by atoms with E-state index < -0.39 is 17.9 Å². The minimum atomic E-state index is -0.699. The van der Waals surface area contributed by atoms with E-state index in [0.29, 0.717) is 44.6 Å². The zero-order chi connectivity index (χ0) is 37.4. The van der Waals surface area contributed by atoms with Crippen molar-refractivity contribution in [2.24, 2.45) is 11.8 Å². The lowest BCUT2D eigenvalue weighted by Gasteiger charge is -2.36. The molecule has 2 amide bonds. The van der Waals surface area contributed by atoms with Crippen molar-refractivity contribution in [3.63, 3.8) is 0 Å². The fourth-order valence-electron chi connectivity index (χ4n) is 6.74. The van der Waals surface area contributed by atoms with Gasteiger partial charge in [0.1, 0.15) is 19.0 Å². The van der Waals surface area contributed by atoms with E-state index in [1.165, 1.54) is 0 Å². The highest BCUT2D eigenvalue weighted by Crippen LogP contribution is 2.26. The van der Waals surface area contributed by atoms with Gasteiger partial charge >= 0.3 is 5.97 Å². The molecule has 0 spiro atoms. The second kappa shape index (κ2) is 20.0. The molecule has 2 N–H and O–H groups in total. The van der Waals surface area contributed by atoms with Crippen molar-refractivity contribution in [1.82, 2.24) is 10.2 Å². The van der Waals surface area contributed by atoms with Crippen LogP contribution in [0.3, 0.4) is 0 Å². The molecule has 1 aliphatic rings. The number of nitrogens with one attached hydrogen (secondary N) is 1. The van der Waals surface area contributed by atoms with Gasteiger partial charge in [-0.15, -0.1) is 13.2 Å². The van der Waals surface area contributed by atoms with E-state index in [1.54, 1.807) is 17.1 Å². The molecule has 0 aromatic heterocycles. The number of amides is 2. The number of carbonyl (C=O) groups excluding carboxylic acids is 3. The molecule has 0 radical (unpaired) electrons. The van der Waals surface area contributed by atoms with Gasteiger partial charge < -0.3 is 24.8 Å². The number of benzene rings is 4. The molecule has 53 heavy (non-hydrogen) atoms. The summed E-state index contributed by atoms with van der Waals surface area (Å²) in [6, 6.07) is 34.3. The van der Waals surface area contributed by atoms with Crippen molar-refractivity contribution in [2.45, 2.75) is 63.8 Å². The highest BCUT2D eigenvalue weighted by Gasteiger charge is 2.32. The van der Waals surface area contributed by atoms with Crippen molar-refractivity contribution in [3.05, 3.63) is 162 Å². The standard InChI is InChI=1S/C45H50N2O6/c1-3-13-37(28-43(49)47-29-39-20-12-11-19-36(39)27-41(47)30-48)44(50)46-40(32-53-45(51)38(14-4-2)25-33-15-7-5-8-16-33)26-34-21-23-42(24-22-34)52-31-35-17-9-6-10-18-35/h3-12,15-24,37-38,40-41,48H,1-2,13-14,25-32H2,(H,46,50). The first kappa shape index (κ1) is 38.8. The molecular formula is C45H50N2O6. The largest absolute Gasteiger partial charge is 0.489 e. The number of esters is 1. The maximum absolute atomic E-state index is 13.9. The first-order valence-electron chi connectivity index (χ1n) is 18.3. The summed E-state index contributed by atoms with van der Waals surface area (Å²) in [5, 5.41) is 13.3. The number of hydrogen-bond donors (Lipinski definition) is 2. The molecule has 276 valence electrons. The van der Waals surface area contributed by atoms with E-state index in [-0.39, 0.29) is 49.9 Å². The third-order valence-corrected chi connectivity index (χ3v) is 9.67. The van der Waals surface area contributed by atoms with Crippen LogP contribution in [0.25, 0.3) is 0 Å². The molecule has 1 heterocycles. The second-order valence-electron chi connectivity index (χ2n) is 13.6. The minimum Gasteiger partial charge on any atom is -0.489 e. The van der Waals surface area contributed by atoms with Crippen LogP contribution in [0.1, 0.15) is 47.1 Å². The van der Waals surface area contributed by atoms with Gasteiger partial charge in [0.25, 0.3) is 0 Å². The molecule has 4 aromatic carbocycles. The number of nitrogens with zero attached hydrogens (tertiary/aromatic N) is 1. The topological polar surface area (TPSA) is 105 Å². The molecule has 0 aliphatic carbocycles. The van der Waals surface area contributed by atoms with Gasteiger partial charge in [-0.1, -0.05) is 109 Å². The molecule has 0 fully saturated rings. The molecule has 4 atom stereocenters. The van der Waals surface area contributed by atoms with Gasteiger partial charge in [0.2, 0.25) is 11.8 Å². The normalized spacial score (nSPS) is 15.3. The van der Waals surface area contributed by atoms with Crippen LogP contribution >= 0.6 is 0 Å². The predicted octanol–water partition coefficient (Wildman–Crippen LogP) is 6.80. The summed E-state index contributed by atoms with van der Waals surface area (Å²) in [6.45, 7) is 8.29. The summed E-state index contributed by atoms with van der Waals surface area (Å²) in [5.41, 5.74) is 5.15. The van der Waals surface area contributed by atoms with Crippen LogP contribution in [0.15, 0.2) is 135 Å². The Labute approximate surface area is 313 Å². The molecule has 4 aromatic rings. The number of ether oxygens (including phenoxy) is 2. The van der Waals surface area contributed by atoms with Gasteiger partial charge in [-0.05, 0) is 72.1 Å². The van der Waals surface area contributed by atoms with Crippen molar-refractivity contribution >= 4 is 17.8 Å². The van der Waals surface area contributed by atoms with E-state index in [1.807, 2.05) is 109 Å². The summed E-state index contributed by atoms with van der Waals surface area (Å²) < 4.78 is 11.9. The van der Waals surface area contributed by atoms with Crippen LogP contribution in [-0.4, -0.2) is 53.1 Å². The van der Waals surface area contributed by atoms with Gasteiger partial charge in [0, 0.05) is 13.0 Å². The Kier molecular flexibility index (Phi) is 14.6. The minimum absolute atomic E-state index is 0.0467. The molecule has 5 rings (SSSR count). The summed E-state index contributed by atoms with van der Waals surface area (Å²) in [4.78, 5) is 42.8. The molecule has 8 heteroatoms. The van der Waals surface area contributed by atoms with Crippen LogP contribution in [0.5, 0.6) is 5.75 Å². The Balaban J connectivity index is 1.28. The number of aliphatic hydroxyl groups excluding tert-OH is 1. The summed E-state index contributed by atoms with van der Waals surface area (Å²) >= 11 is 0. The van der Waals surface area contributed by atoms with Crippen LogP contribution in [0.2, 0.25) is 0 Å². The predicted molar refractivity (Wildman–Crippen MR) is 207 cm³/mol. The number of aliphatic hydroxyl groups is 1. The monoisotopic (exact) mass is 714 g/mol. The van der Waals surface area contributed by atoms with Crippen molar-refractivity contribution in [2.75, 3.05) is 13.2 Å². The first-order valence-corrected chi connectivity index (χ1v) is 18.3. The molecular weight excluding hydrogens is 665 g/mol. The molecule has 0 saturated heterocycles. The Bertz CT molecular complexity index is 1790. The van der Waals surface area contributed by atoms with Crippen LogP contribution in [0.4, 0.5) is 0 Å². The zero-order valence-corrected chi connectivity index (χ0v) is 30.3. The van der Waals surface area contributed by atoms with Crippen LogP contribution in [-0.2, 0) is 51.5 Å². The van der Waals surface area contributed by atoms with Gasteiger partial charge in [-0.25, -0.2) is 0 Å². The van der Waals surface area contributed by atoms with Gasteiger partial charge in [0.15, 0.2) is 0 Å². The molecule has 0 bridgehead atoms. The highest BCUT2D eigenvalue weighted by atomic mass is 16.5. The lowest BCUT2D eigenvalue weighted by Crippen LogP contribution is -2.48. The van der Waals surface area contributed by atoms with Gasteiger partial charge in [0.05, 0.1) is 30.5 Å². The number of fused-ring (bicyclic) bond motifs is 1. The molecule has 4 unspecified atom stereocenters. The Morgan fingerprint density at radius 3 is 2.04 bits per heavy atom. The van der Waals surface area contributed by atoms with Gasteiger partial charge in [-0.2, -0.15) is 0 Å². The molecule has 1 aliphatic heterocycles. The average Bonchev–Trinajstić information content (AvgIpc) is 3.19. The lowest BCUT2D eigenvalue weighted by atomic mass is 9.92. The smallest absolute Gasteiger partial charge is 0.309 e. The van der Waals surface area contributed by atoms with Gasteiger partial charge in [-0.3, -0.25) is 14.4 Å². The SMILES string of the molecule is C=CCC(CC(=O)N1Cc2ccccc2CC1CO)C(=O)NC(COC(=O)C(CC=C)Cc1ccccc1)Cc1ccc(OCc2ccccc2)cc1. The maximum Gasteiger partial charge on any atom is 0.309 e. The highest BCUT2D eigenvalue weighted by molar-refractivity contribution is 5.86. The third-order valence-electron chi connectivity index (χ3n) is 9.67. The maximum atomic E-state index is 13.9. The zero-order valence-electron chi connectivity index (χ0n) is 30.3. The summed E-state index contributed by atoms with van der Waals surface area (Å²) in [6.07, 6.45) is 5.48. The number of allylic oxidation sites excluding steroid dienone is 2. The van der Waals surface area contributed by atoms with E-state index in [0.717, 1.165) is 27.8 Å². The van der Waals surface area contributed by atoms with E-state index in [2.05, 4.69) is 18.5 Å². The summed E-state index contributed by atoms with van der Waals surface area (Å²) in [5.74, 6) is -1.31. The number of rotatable bonds is 19. The quantitative estimate of drug-likeness (QED) is 0.0819. The van der Waals surface area contributed by atoms with E-state index in [9.17, 15) is 19.5 Å². The Hall–Kier alpha value is -5.47. The summed E-state index contributed by atoms with van der Waals surface area (Å²) in [7, 11) is 0. The van der Waals surface area contributed by atoms with E-state index >= 15 is 0 Å². The fourth-order valence-corrected chi connectivity index (χ4v) is 6.74. The Morgan fingerprint density at radius 2 is 1.38 bits per heavy atom. The number of carbonyl (C=O) groups is 3. The average molecular weight is 715 g/mol. The van der Waals surface area contributed by atoms with Crippen molar-refractivity contribution in [3.8, 4) is 5.75 Å². The lowest BCUT2D eigenvalue weighted by molar-refractivity contribution is -0.149. The third kappa shape index (κ3) is 11.5. The molecule has 0 saturated carbocycles. The fraction of sp³-hybridized carbons (Fsp3) is 0.311. The van der Waals surface area contributed by atoms with E-state index in [4.69, 9.17) is 9.47 Å². The van der Waals surface area contributed by atoms with Crippen LogP contribution < -0.4 is 10.1 Å². The number of hydrogen-bond acceptors (Lipinski definition) is 6. The Morgan fingerprint density at radius 1 is 0.774 bits per heavy atom. The second-order valence-corrected chi connectivity index (χ2v) is 13.6. The molecule has 8 nitrogen and oxygen atoms in total.